The smallest absolute Gasteiger partial charge is 0.246 e. The summed E-state index contributed by atoms with van der Waals surface area (Å²) in [6, 6.07) is 5.79. The number of carbonyl (C=O) groups is 1. The van der Waals surface area contributed by atoms with Crippen molar-refractivity contribution in [2.45, 2.75) is 6.54 Å². The van der Waals surface area contributed by atoms with E-state index in [2.05, 4.69) is 0 Å². The Labute approximate surface area is 122 Å². The number of thiophene rings is 1. The summed E-state index contributed by atoms with van der Waals surface area (Å²) in [5.41, 5.74) is 0.971. The number of nitrogens with zero attached hydrogens (tertiary/aromatic N) is 1. The van der Waals surface area contributed by atoms with Gasteiger partial charge in [-0.1, -0.05) is 6.07 Å². The van der Waals surface area contributed by atoms with Crippen molar-refractivity contribution in [2.24, 2.45) is 0 Å². The van der Waals surface area contributed by atoms with E-state index in [0.717, 1.165) is 10.4 Å². The third-order valence-corrected chi connectivity index (χ3v) is 3.60. The van der Waals surface area contributed by atoms with Gasteiger partial charge in [-0.15, -0.1) is 11.3 Å². The fourth-order valence-electron chi connectivity index (χ4n) is 1.72. The number of rotatable bonds is 7. The first kappa shape index (κ1) is 14.6. The first-order chi connectivity index (χ1) is 9.79. The number of hydrogen-bond donors (Lipinski definition) is 0. The van der Waals surface area contributed by atoms with Crippen molar-refractivity contribution in [3.63, 3.8) is 0 Å². The highest BCUT2D eigenvalue weighted by atomic mass is 32.1. The van der Waals surface area contributed by atoms with Gasteiger partial charge in [0, 0.05) is 36.7 Å². The summed E-state index contributed by atoms with van der Waals surface area (Å²) in [5.74, 6) is -0.0309. The average Bonchev–Trinajstić information content (AvgIpc) is 3.13. The van der Waals surface area contributed by atoms with Gasteiger partial charge < -0.3 is 14.1 Å². The van der Waals surface area contributed by atoms with Crippen LogP contribution in [0.5, 0.6) is 0 Å². The molecule has 2 heterocycles. The Balaban J connectivity index is 1.99. The fraction of sp³-hybridized carbons (Fsp3) is 0.267. The number of ether oxygens (including phenoxy) is 1. The molecule has 4 nitrogen and oxygen atoms in total. The first-order valence-electron chi connectivity index (χ1n) is 6.30. The fourth-order valence-corrected chi connectivity index (χ4v) is 2.33. The van der Waals surface area contributed by atoms with Gasteiger partial charge in [0.25, 0.3) is 0 Å². The predicted octanol–water partition coefficient (Wildman–Crippen LogP) is 3.03. The second-order valence-corrected chi connectivity index (χ2v) is 5.21. The maximum atomic E-state index is 12.2. The van der Waals surface area contributed by atoms with E-state index in [9.17, 15) is 4.79 Å². The molecule has 5 heteroatoms. The van der Waals surface area contributed by atoms with Gasteiger partial charge in [-0.3, -0.25) is 4.79 Å². The summed E-state index contributed by atoms with van der Waals surface area (Å²) >= 11 is 1.60. The molecule has 0 saturated heterocycles. The quantitative estimate of drug-likeness (QED) is 0.736. The minimum Gasteiger partial charge on any atom is -0.472 e. The Hall–Kier alpha value is -1.85. The molecule has 2 aromatic heterocycles. The van der Waals surface area contributed by atoms with Crippen molar-refractivity contribution in [1.82, 2.24) is 4.90 Å². The first-order valence-corrected chi connectivity index (χ1v) is 7.18. The molecule has 0 spiro atoms. The van der Waals surface area contributed by atoms with E-state index >= 15 is 0 Å². The molecule has 0 aliphatic heterocycles. The molecule has 0 N–H and O–H groups in total. The summed E-state index contributed by atoms with van der Waals surface area (Å²) in [4.78, 5) is 15.0. The van der Waals surface area contributed by atoms with Crippen molar-refractivity contribution in [2.75, 3.05) is 20.3 Å². The van der Waals surface area contributed by atoms with E-state index in [1.807, 2.05) is 29.7 Å². The molecule has 0 radical (unpaired) electrons. The largest absolute Gasteiger partial charge is 0.472 e. The number of hydrogen-bond acceptors (Lipinski definition) is 4. The molecule has 0 bridgehead atoms. The van der Waals surface area contributed by atoms with Gasteiger partial charge in [0.05, 0.1) is 19.1 Å². The molecular formula is C15H17NO3S. The third-order valence-electron chi connectivity index (χ3n) is 2.76. The van der Waals surface area contributed by atoms with Crippen LogP contribution in [0, 0.1) is 0 Å². The maximum Gasteiger partial charge on any atom is 0.246 e. The lowest BCUT2D eigenvalue weighted by molar-refractivity contribution is -0.127. The zero-order valence-electron chi connectivity index (χ0n) is 11.3. The molecule has 1 amide bonds. The lowest BCUT2D eigenvalue weighted by Crippen LogP contribution is -2.31. The summed E-state index contributed by atoms with van der Waals surface area (Å²) < 4.78 is 10.1. The summed E-state index contributed by atoms with van der Waals surface area (Å²) in [6.07, 6.45) is 6.69. The number of furan rings is 1. The van der Waals surface area contributed by atoms with Crippen molar-refractivity contribution >= 4 is 23.3 Å². The number of carbonyl (C=O) groups excluding carboxylic acids is 1. The highest BCUT2D eigenvalue weighted by molar-refractivity contribution is 7.10. The Morgan fingerprint density at radius 2 is 2.40 bits per heavy atom. The second kappa shape index (κ2) is 7.67. The molecule has 0 fully saturated rings. The van der Waals surface area contributed by atoms with Crippen LogP contribution < -0.4 is 0 Å². The van der Waals surface area contributed by atoms with E-state index in [1.54, 1.807) is 41.9 Å². The molecule has 0 unspecified atom stereocenters. The molecule has 106 valence electrons. The van der Waals surface area contributed by atoms with Crippen LogP contribution in [0.2, 0.25) is 0 Å². The molecular weight excluding hydrogens is 274 g/mol. The minimum absolute atomic E-state index is 0.0309. The van der Waals surface area contributed by atoms with Crippen LogP contribution in [-0.4, -0.2) is 31.1 Å². The Kier molecular flexibility index (Phi) is 5.58. The predicted molar refractivity (Wildman–Crippen MR) is 79.4 cm³/mol. The zero-order chi connectivity index (χ0) is 14.2. The molecule has 2 rings (SSSR count). The Morgan fingerprint density at radius 3 is 3.05 bits per heavy atom. The second-order valence-electron chi connectivity index (χ2n) is 4.23. The number of amides is 1. The topological polar surface area (TPSA) is 42.7 Å². The van der Waals surface area contributed by atoms with Crippen LogP contribution in [0.1, 0.15) is 10.4 Å². The monoisotopic (exact) mass is 291 g/mol. The third kappa shape index (κ3) is 4.36. The molecule has 0 aliphatic carbocycles. The standard InChI is InChI=1S/C15H17NO3S/c1-18-9-7-16(11-13-6-8-19-12-13)15(17)5-4-14-3-2-10-20-14/h2-6,8,10,12H,7,9,11H2,1H3/b5-4+. The van der Waals surface area contributed by atoms with Gasteiger partial charge in [-0.05, 0) is 23.6 Å². The lowest BCUT2D eigenvalue weighted by Gasteiger charge is -2.20. The zero-order valence-corrected chi connectivity index (χ0v) is 12.1. The van der Waals surface area contributed by atoms with Crippen molar-refractivity contribution in [3.05, 3.63) is 52.6 Å². The molecule has 2 aromatic rings. The normalized spacial score (nSPS) is 11.1. The summed E-state index contributed by atoms with van der Waals surface area (Å²) in [5, 5.41) is 1.98. The van der Waals surface area contributed by atoms with Crippen molar-refractivity contribution < 1.29 is 13.9 Å². The Morgan fingerprint density at radius 1 is 1.50 bits per heavy atom. The van der Waals surface area contributed by atoms with E-state index in [-0.39, 0.29) is 5.91 Å². The maximum absolute atomic E-state index is 12.2. The molecule has 0 aromatic carbocycles. The van der Waals surface area contributed by atoms with Crippen LogP contribution in [0.4, 0.5) is 0 Å². The van der Waals surface area contributed by atoms with E-state index in [4.69, 9.17) is 9.15 Å². The van der Waals surface area contributed by atoms with Crippen LogP contribution in [0.3, 0.4) is 0 Å². The van der Waals surface area contributed by atoms with Gasteiger partial charge in [-0.25, -0.2) is 0 Å². The molecule has 0 atom stereocenters. The number of methoxy groups -OCH3 is 1. The minimum atomic E-state index is -0.0309. The van der Waals surface area contributed by atoms with E-state index < -0.39 is 0 Å². The van der Waals surface area contributed by atoms with E-state index in [0.29, 0.717) is 19.7 Å². The summed E-state index contributed by atoms with van der Waals surface area (Å²) in [7, 11) is 1.63. The van der Waals surface area contributed by atoms with Crippen LogP contribution in [0.15, 0.2) is 46.6 Å². The lowest BCUT2D eigenvalue weighted by atomic mass is 10.3. The van der Waals surface area contributed by atoms with Crippen LogP contribution in [0.25, 0.3) is 6.08 Å². The highest BCUT2D eigenvalue weighted by Crippen LogP contribution is 2.11. The van der Waals surface area contributed by atoms with Crippen molar-refractivity contribution in [1.29, 1.82) is 0 Å². The molecule has 0 aliphatic rings. The molecule has 0 saturated carbocycles. The van der Waals surface area contributed by atoms with Gasteiger partial charge in [0.1, 0.15) is 0 Å². The van der Waals surface area contributed by atoms with Crippen molar-refractivity contribution in [3.8, 4) is 0 Å². The summed E-state index contributed by atoms with van der Waals surface area (Å²) in [6.45, 7) is 1.58. The van der Waals surface area contributed by atoms with Gasteiger partial charge in [0.2, 0.25) is 5.91 Å². The van der Waals surface area contributed by atoms with E-state index in [1.165, 1.54) is 0 Å². The van der Waals surface area contributed by atoms with Crippen LogP contribution in [-0.2, 0) is 16.1 Å². The van der Waals surface area contributed by atoms with Gasteiger partial charge in [0.15, 0.2) is 0 Å². The van der Waals surface area contributed by atoms with Gasteiger partial charge in [-0.2, -0.15) is 0 Å². The molecule has 20 heavy (non-hydrogen) atoms. The SMILES string of the molecule is COCCN(Cc1ccoc1)C(=O)/C=C/c1cccs1. The van der Waals surface area contributed by atoms with Gasteiger partial charge >= 0.3 is 0 Å². The average molecular weight is 291 g/mol. The van der Waals surface area contributed by atoms with Crippen LogP contribution >= 0.6 is 11.3 Å². The Bertz CT molecular complexity index is 531. The highest BCUT2D eigenvalue weighted by Gasteiger charge is 2.11.